The van der Waals surface area contributed by atoms with Gasteiger partial charge in [-0.25, -0.2) is 4.39 Å². The summed E-state index contributed by atoms with van der Waals surface area (Å²) in [4.78, 5) is 13.1. The summed E-state index contributed by atoms with van der Waals surface area (Å²) in [5.41, 5.74) is 0.768. The van der Waals surface area contributed by atoms with Gasteiger partial charge in [0.05, 0.1) is 0 Å². The molecule has 1 atom stereocenters. The molecule has 0 aliphatic heterocycles. The van der Waals surface area contributed by atoms with Gasteiger partial charge in [0, 0.05) is 23.4 Å². The summed E-state index contributed by atoms with van der Waals surface area (Å²) in [6.07, 6.45) is 0. The second-order valence-corrected chi connectivity index (χ2v) is 4.89. The van der Waals surface area contributed by atoms with Gasteiger partial charge < -0.3 is 10.2 Å². The summed E-state index contributed by atoms with van der Waals surface area (Å²) in [6, 6.07) is 4.11. The van der Waals surface area contributed by atoms with Crippen LogP contribution in [-0.4, -0.2) is 30.9 Å². The monoisotopic (exact) mass is 336 g/mol. The van der Waals surface area contributed by atoms with Crippen molar-refractivity contribution in [3.8, 4) is 0 Å². The van der Waals surface area contributed by atoms with Crippen molar-refractivity contribution in [3.63, 3.8) is 0 Å². The molecule has 0 aliphatic rings. The van der Waals surface area contributed by atoms with Crippen LogP contribution in [0.15, 0.2) is 18.2 Å². The third-order valence-corrected chi connectivity index (χ3v) is 3.01. The van der Waals surface area contributed by atoms with Crippen molar-refractivity contribution in [1.29, 1.82) is 0 Å². The van der Waals surface area contributed by atoms with Crippen LogP contribution < -0.4 is 5.32 Å². The number of hydrogen-bond donors (Lipinski definition) is 1. The first-order valence-electron chi connectivity index (χ1n) is 4.84. The van der Waals surface area contributed by atoms with Crippen LogP contribution in [0.3, 0.4) is 0 Å². The van der Waals surface area contributed by atoms with Gasteiger partial charge in [-0.1, -0.05) is 0 Å². The Hall–Kier alpha value is -0.850. The quantitative estimate of drug-likeness (QED) is 0.860. The maximum atomic E-state index is 12.9. The molecular weight excluding hydrogens is 322 g/mol. The first-order valence-corrected chi connectivity index (χ1v) is 5.92. The third kappa shape index (κ3) is 3.33. The number of anilines is 1. The van der Waals surface area contributed by atoms with E-state index in [0.29, 0.717) is 0 Å². The van der Waals surface area contributed by atoms with E-state index in [1.165, 1.54) is 17.0 Å². The van der Waals surface area contributed by atoms with Gasteiger partial charge in [0.2, 0.25) is 5.91 Å². The minimum absolute atomic E-state index is 0.0138. The van der Waals surface area contributed by atoms with Crippen molar-refractivity contribution < 1.29 is 9.18 Å². The summed E-state index contributed by atoms with van der Waals surface area (Å²) >= 11 is 2.03. The molecule has 0 aromatic heterocycles. The molecule has 0 bridgehead atoms. The van der Waals surface area contributed by atoms with E-state index in [4.69, 9.17) is 0 Å². The number of carbonyl (C=O) groups is 1. The van der Waals surface area contributed by atoms with E-state index in [2.05, 4.69) is 5.32 Å². The van der Waals surface area contributed by atoms with Crippen LogP contribution in [0.2, 0.25) is 0 Å². The molecule has 0 spiro atoms. The number of nitrogens with zero attached hydrogens (tertiary/aromatic N) is 1. The first kappa shape index (κ1) is 13.2. The molecule has 1 aromatic carbocycles. The molecule has 0 radical (unpaired) electrons. The van der Waals surface area contributed by atoms with Crippen LogP contribution in [-0.2, 0) is 4.79 Å². The van der Waals surface area contributed by atoms with E-state index in [1.54, 1.807) is 27.1 Å². The van der Waals surface area contributed by atoms with E-state index >= 15 is 0 Å². The molecule has 1 amide bonds. The Bertz CT molecular complexity index is 396. The summed E-state index contributed by atoms with van der Waals surface area (Å²) < 4.78 is 13.6. The molecule has 0 fully saturated rings. The molecule has 1 N–H and O–H groups in total. The van der Waals surface area contributed by atoms with Gasteiger partial charge in [0.15, 0.2) is 0 Å². The molecule has 1 rings (SSSR count). The average Bonchev–Trinajstić information content (AvgIpc) is 2.20. The van der Waals surface area contributed by atoms with Gasteiger partial charge in [-0.3, -0.25) is 4.79 Å². The molecule has 0 saturated carbocycles. The molecule has 0 heterocycles. The number of carbonyl (C=O) groups excluding carboxylic acids is 1. The van der Waals surface area contributed by atoms with E-state index in [9.17, 15) is 9.18 Å². The number of hydrogen-bond acceptors (Lipinski definition) is 2. The zero-order valence-electron chi connectivity index (χ0n) is 9.42. The molecule has 16 heavy (non-hydrogen) atoms. The molecule has 1 unspecified atom stereocenters. The van der Waals surface area contributed by atoms with E-state index in [0.717, 1.165) is 9.26 Å². The minimum atomic E-state index is -0.325. The fourth-order valence-electron chi connectivity index (χ4n) is 1.29. The molecular formula is C11H14FIN2O. The molecule has 5 heteroatoms. The lowest BCUT2D eigenvalue weighted by molar-refractivity contribution is -0.129. The van der Waals surface area contributed by atoms with Crippen molar-refractivity contribution in [2.24, 2.45) is 0 Å². The molecule has 1 aromatic rings. The summed E-state index contributed by atoms with van der Waals surface area (Å²) in [5, 5.41) is 3.05. The van der Waals surface area contributed by atoms with E-state index in [-0.39, 0.29) is 17.8 Å². The molecule has 3 nitrogen and oxygen atoms in total. The summed E-state index contributed by atoms with van der Waals surface area (Å²) in [6.45, 7) is 1.78. The number of benzene rings is 1. The lowest BCUT2D eigenvalue weighted by atomic mass is 10.2. The third-order valence-electron chi connectivity index (χ3n) is 2.11. The fourth-order valence-corrected chi connectivity index (χ4v) is 1.92. The van der Waals surface area contributed by atoms with Gasteiger partial charge in [-0.2, -0.15) is 0 Å². The number of halogens is 2. The highest BCUT2D eigenvalue weighted by Crippen LogP contribution is 2.19. The van der Waals surface area contributed by atoms with Crippen LogP contribution in [0.4, 0.5) is 10.1 Å². The maximum Gasteiger partial charge on any atom is 0.244 e. The Kier molecular flexibility index (Phi) is 4.52. The normalized spacial score (nSPS) is 12.1. The number of likely N-dealkylation sites (N-methyl/N-ethyl adjacent to an activating group) is 1. The topological polar surface area (TPSA) is 32.3 Å². The van der Waals surface area contributed by atoms with Crippen molar-refractivity contribution in [2.45, 2.75) is 13.0 Å². The fraction of sp³-hybridized carbons (Fsp3) is 0.364. The van der Waals surface area contributed by atoms with Crippen LogP contribution >= 0.6 is 22.6 Å². The summed E-state index contributed by atoms with van der Waals surface area (Å²) in [7, 11) is 3.41. The SMILES string of the molecule is CC(Nc1ccc(F)cc1I)C(=O)N(C)C. The second-order valence-electron chi connectivity index (χ2n) is 3.72. The smallest absolute Gasteiger partial charge is 0.244 e. The number of rotatable bonds is 3. The van der Waals surface area contributed by atoms with Gasteiger partial charge in [0.1, 0.15) is 11.9 Å². The van der Waals surface area contributed by atoms with Crippen molar-refractivity contribution in [1.82, 2.24) is 4.90 Å². The Labute approximate surface area is 108 Å². The van der Waals surface area contributed by atoms with Crippen molar-refractivity contribution in [2.75, 3.05) is 19.4 Å². The number of amides is 1. The standard InChI is InChI=1S/C11H14FIN2O/c1-7(11(16)15(2)3)14-10-5-4-8(12)6-9(10)13/h4-7,14H,1-3H3. The second kappa shape index (κ2) is 5.47. The van der Waals surface area contributed by atoms with Crippen LogP contribution in [0.25, 0.3) is 0 Å². The Balaban J connectivity index is 2.77. The molecule has 0 aliphatic carbocycles. The highest BCUT2D eigenvalue weighted by molar-refractivity contribution is 14.1. The molecule has 0 saturated heterocycles. The predicted molar refractivity (Wildman–Crippen MR) is 70.9 cm³/mol. The van der Waals surface area contributed by atoms with E-state index in [1.807, 2.05) is 22.6 Å². The average molecular weight is 336 g/mol. The van der Waals surface area contributed by atoms with Gasteiger partial charge in [-0.15, -0.1) is 0 Å². The summed E-state index contributed by atoms with van der Waals surface area (Å²) in [5.74, 6) is -0.290. The zero-order chi connectivity index (χ0) is 12.3. The Morgan fingerprint density at radius 1 is 1.50 bits per heavy atom. The lowest BCUT2D eigenvalue weighted by Crippen LogP contribution is -2.36. The number of nitrogens with one attached hydrogen (secondary N) is 1. The zero-order valence-corrected chi connectivity index (χ0v) is 11.6. The van der Waals surface area contributed by atoms with Crippen molar-refractivity contribution >= 4 is 34.2 Å². The van der Waals surface area contributed by atoms with Gasteiger partial charge >= 0.3 is 0 Å². The highest BCUT2D eigenvalue weighted by Gasteiger charge is 2.15. The molecule has 88 valence electrons. The van der Waals surface area contributed by atoms with Crippen LogP contribution in [0.5, 0.6) is 0 Å². The van der Waals surface area contributed by atoms with E-state index < -0.39 is 0 Å². The predicted octanol–water partition coefficient (Wildman–Crippen LogP) is 2.32. The van der Waals surface area contributed by atoms with Gasteiger partial charge in [0.25, 0.3) is 0 Å². The van der Waals surface area contributed by atoms with Crippen LogP contribution in [0, 0.1) is 9.39 Å². The minimum Gasteiger partial charge on any atom is -0.373 e. The van der Waals surface area contributed by atoms with Crippen LogP contribution in [0.1, 0.15) is 6.92 Å². The van der Waals surface area contributed by atoms with Crippen molar-refractivity contribution in [3.05, 3.63) is 27.6 Å². The lowest BCUT2D eigenvalue weighted by Gasteiger charge is -2.19. The van der Waals surface area contributed by atoms with Gasteiger partial charge in [-0.05, 0) is 47.7 Å². The first-order chi connectivity index (χ1) is 7.41. The Morgan fingerprint density at radius 3 is 2.62 bits per heavy atom. The largest absolute Gasteiger partial charge is 0.373 e. The highest BCUT2D eigenvalue weighted by atomic mass is 127. The Morgan fingerprint density at radius 2 is 2.12 bits per heavy atom. The maximum absolute atomic E-state index is 12.9.